The number of allylic oxidation sites excluding steroid dienone is 1. The number of carbonyl (C=O) groups excluding carboxylic acids is 2. The number of pyridine rings is 1. The minimum Gasteiger partial charge on any atom is -0.497 e. The molecule has 0 radical (unpaired) electrons. The molecule has 0 spiro atoms. The molecule has 9 heteroatoms. The van der Waals surface area contributed by atoms with Crippen molar-refractivity contribution in [3.8, 4) is 11.8 Å². The van der Waals surface area contributed by atoms with Crippen LogP contribution in [-0.4, -0.2) is 40.7 Å². The van der Waals surface area contributed by atoms with Gasteiger partial charge in [0, 0.05) is 17.1 Å². The van der Waals surface area contributed by atoms with Crippen molar-refractivity contribution < 1.29 is 19.1 Å². The van der Waals surface area contributed by atoms with Gasteiger partial charge in [0.2, 0.25) is 0 Å². The van der Waals surface area contributed by atoms with Crippen LogP contribution < -0.4 is 10.5 Å². The summed E-state index contributed by atoms with van der Waals surface area (Å²) in [4.78, 5) is 33.5. The number of thioether (sulfide) groups is 1. The predicted molar refractivity (Wildman–Crippen MR) is 136 cm³/mol. The smallest absolute Gasteiger partial charge is 0.337 e. The van der Waals surface area contributed by atoms with Crippen LogP contribution in [0.5, 0.6) is 5.75 Å². The molecule has 0 fully saturated rings. The van der Waals surface area contributed by atoms with Crippen LogP contribution >= 0.6 is 11.8 Å². The lowest BCUT2D eigenvalue weighted by molar-refractivity contribution is -0.143. The van der Waals surface area contributed by atoms with Crippen molar-refractivity contribution in [3.05, 3.63) is 74.9 Å². The van der Waals surface area contributed by atoms with Crippen LogP contribution in [0.3, 0.4) is 0 Å². The number of hydrogen-bond donors (Lipinski definition) is 1. The molecule has 2 aliphatic rings. The van der Waals surface area contributed by atoms with Crippen molar-refractivity contribution in [2.45, 2.75) is 51.7 Å². The van der Waals surface area contributed by atoms with Gasteiger partial charge in [0.15, 0.2) is 0 Å². The van der Waals surface area contributed by atoms with Gasteiger partial charge in [-0.2, -0.15) is 5.26 Å². The number of amides is 1. The zero-order valence-electron chi connectivity index (χ0n) is 21.1. The Hall–Kier alpha value is -3.77. The molecule has 1 aromatic carbocycles. The largest absolute Gasteiger partial charge is 0.497 e. The van der Waals surface area contributed by atoms with Crippen LogP contribution in [0.1, 0.15) is 52.5 Å². The minimum atomic E-state index is -0.800. The molecule has 1 amide bonds. The molecular formula is C27H28N4O4S. The number of aromatic nitrogens is 1. The van der Waals surface area contributed by atoms with Crippen LogP contribution in [-0.2, 0) is 9.53 Å². The van der Waals surface area contributed by atoms with E-state index in [4.69, 9.17) is 15.2 Å². The fourth-order valence-corrected chi connectivity index (χ4v) is 5.64. The molecule has 0 saturated heterocycles. The zero-order valence-corrected chi connectivity index (χ0v) is 21.9. The summed E-state index contributed by atoms with van der Waals surface area (Å²) in [6, 6.07) is 9.24. The third-order valence-electron chi connectivity index (χ3n) is 6.53. The Morgan fingerprint density at radius 3 is 2.47 bits per heavy atom. The highest BCUT2D eigenvalue weighted by atomic mass is 32.2. The first-order valence-corrected chi connectivity index (χ1v) is 12.5. The van der Waals surface area contributed by atoms with Gasteiger partial charge in [-0.15, -0.1) is 0 Å². The number of ether oxygens (including phenoxy) is 2. The van der Waals surface area contributed by atoms with Crippen molar-refractivity contribution in [2.24, 2.45) is 5.73 Å². The molecule has 186 valence electrons. The van der Waals surface area contributed by atoms with Crippen LogP contribution in [0, 0.1) is 32.1 Å². The van der Waals surface area contributed by atoms with Crippen LogP contribution in [0.2, 0.25) is 0 Å². The number of nitrogens with zero attached hydrogens (tertiary/aromatic N) is 3. The fraction of sp³-hybridized carbons (Fsp3) is 0.333. The fourth-order valence-electron chi connectivity index (χ4n) is 4.50. The van der Waals surface area contributed by atoms with Crippen LogP contribution in [0.15, 0.2) is 52.0 Å². The van der Waals surface area contributed by atoms with E-state index in [1.54, 1.807) is 45.2 Å². The maximum absolute atomic E-state index is 14.0. The number of fused-ring (bicyclic) bond motifs is 2. The molecule has 0 saturated carbocycles. The Balaban J connectivity index is 2.00. The zero-order chi connectivity index (χ0) is 26.3. The highest BCUT2D eigenvalue weighted by Crippen LogP contribution is 2.45. The Morgan fingerprint density at radius 1 is 1.22 bits per heavy atom. The molecule has 0 bridgehead atoms. The molecule has 2 N–H and O–H groups in total. The number of hydrogen-bond acceptors (Lipinski definition) is 8. The molecule has 36 heavy (non-hydrogen) atoms. The predicted octanol–water partition coefficient (Wildman–Crippen LogP) is 4.26. The first-order chi connectivity index (χ1) is 17.1. The summed E-state index contributed by atoms with van der Waals surface area (Å²) < 4.78 is 10.9. The average Bonchev–Trinajstić information content (AvgIpc) is 2.98. The molecule has 2 aromatic rings. The third kappa shape index (κ3) is 4.11. The SMILES string of the molecule is COc1ccc(C2C(C#N)=C(N)N3C(=O)c4c(nc(C)c(C)c4C)SCC3=C2C(=O)OC(C)C)cc1. The summed E-state index contributed by atoms with van der Waals surface area (Å²) in [5.41, 5.74) is 10.9. The van der Waals surface area contributed by atoms with Gasteiger partial charge in [0.1, 0.15) is 16.6 Å². The van der Waals surface area contributed by atoms with Gasteiger partial charge < -0.3 is 15.2 Å². The molecule has 4 rings (SSSR count). The van der Waals surface area contributed by atoms with E-state index < -0.39 is 23.9 Å². The van der Waals surface area contributed by atoms with E-state index in [9.17, 15) is 14.9 Å². The molecule has 1 aromatic heterocycles. The summed E-state index contributed by atoms with van der Waals surface area (Å²) in [6.07, 6.45) is -0.398. The van der Waals surface area contributed by atoms with Crippen LogP contribution in [0.25, 0.3) is 0 Å². The maximum atomic E-state index is 14.0. The van der Waals surface area contributed by atoms with E-state index in [0.717, 1.165) is 16.8 Å². The lowest BCUT2D eigenvalue weighted by atomic mass is 9.81. The minimum absolute atomic E-state index is 0.00509. The first-order valence-electron chi connectivity index (χ1n) is 11.5. The van der Waals surface area contributed by atoms with Crippen LogP contribution in [0.4, 0.5) is 0 Å². The highest BCUT2D eigenvalue weighted by Gasteiger charge is 2.44. The van der Waals surface area contributed by atoms with Crippen molar-refractivity contribution in [2.75, 3.05) is 12.9 Å². The lowest BCUT2D eigenvalue weighted by Crippen LogP contribution is -2.41. The van der Waals surface area contributed by atoms with E-state index in [-0.39, 0.29) is 22.7 Å². The normalized spacial score (nSPS) is 17.4. The molecule has 1 unspecified atom stereocenters. The van der Waals surface area contributed by atoms with E-state index >= 15 is 0 Å². The van der Waals surface area contributed by atoms with Gasteiger partial charge in [-0.1, -0.05) is 23.9 Å². The number of rotatable bonds is 4. The highest BCUT2D eigenvalue weighted by molar-refractivity contribution is 7.99. The maximum Gasteiger partial charge on any atom is 0.337 e. The Bertz CT molecular complexity index is 1370. The Labute approximate surface area is 214 Å². The molecule has 8 nitrogen and oxygen atoms in total. The van der Waals surface area contributed by atoms with Gasteiger partial charge in [-0.25, -0.2) is 9.78 Å². The Morgan fingerprint density at radius 2 is 1.89 bits per heavy atom. The third-order valence-corrected chi connectivity index (χ3v) is 7.52. The van der Waals surface area contributed by atoms with E-state index in [2.05, 4.69) is 11.1 Å². The first kappa shape index (κ1) is 25.3. The molecule has 3 heterocycles. The van der Waals surface area contributed by atoms with Gasteiger partial charge in [-0.05, 0) is 63.4 Å². The van der Waals surface area contributed by atoms with E-state index in [1.807, 2.05) is 20.8 Å². The standard InChI is InChI=1S/C27H28N4O4S/c1-13(2)35-27(33)23-20-12-36-25-21(15(4)14(3)16(5)30-25)26(32)31(20)24(29)19(11-28)22(23)17-7-9-18(34-6)10-8-17/h7-10,13,22H,12,29H2,1-6H3. The van der Waals surface area contributed by atoms with E-state index in [0.29, 0.717) is 27.6 Å². The van der Waals surface area contributed by atoms with Gasteiger partial charge in [-0.3, -0.25) is 9.69 Å². The number of carbonyl (C=O) groups is 2. The summed E-state index contributed by atoms with van der Waals surface area (Å²) in [5, 5.41) is 10.8. The van der Waals surface area contributed by atoms with Crippen molar-refractivity contribution >= 4 is 23.6 Å². The summed E-state index contributed by atoms with van der Waals surface area (Å²) >= 11 is 1.37. The molecule has 1 atom stereocenters. The van der Waals surface area contributed by atoms with Gasteiger partial charge in [0.05, 0.1) is 41.9 Å². The number of methoxy groups -OCH3 is 1. The van der Waals surface area contributed by atoms with Crippen molar-refractivity contribution in [1.82, 2.24) is 9.88 Å². The number of benzene rings is 1. The topological polar surface area (TPSA) is 119 Å². The van der Waals surface area contributed by atoms with Gasteiger partial charge >= 0.3 is 5.97 Å². The molecule has 0 aliphatic carbocycles. The quantitative estimate of drug-likeness (QED) is 0.614. The van der Waals surface area contributed by atoms with Crippen molar-refractivity contribution in [3.63, 3.8) is 0 Å². The van der Waals surface area contributed by atoms with E-state index in [1.165, 1.54) is 16.7 Å². The second-order valence-electron chi connectivity index (χ2n) is 8.99. The Kier molecular flexibility index (Phi) is 6.83. The molecular weight excluding hydrogens is 476 g/mol. The summed E-state index contributed by atoms with van der Waals surface area (Å²) in [6.45, 7) is 9.20. The van der Waals surface area contributed by atoms with Gasteiger partial charge in [0.25, 0.3) is 5.91 Å². The number of aryl methyl sites for hydroxylation is 1. The molecule has 2 aliphatic heterocycles. The lowest BCUT2D eigenvalue weighted by Gasteiger charge is -2.35. The average molecular weight is 505 g/mol. The van der Waals surface area contributed by atoms with Crippen molar-refractivity contribution in [1.29, 1.82) is 5.26 Å². The number of nitriles is 1. The monoisotopic (exact) mass is 504 g/mol. The number of esters is 1. The number of nitrogens with two attached hydrogens (primary N) is 1. The summed E-state index contributed by atoms with van der Waals surface area (Å²) in [5.74, 6) is -0.916. The second kappa shape index (κ2) is 9.70. The summed E-state index contributed by atoms with van der Waals surface area (Å²) in [7, 11) is 1.56. The second-order valence-corrected chi connectivity index (χ2v) is 9.95.